The van der Waals surface area contributed by atoms with Crippen molar-refractivity contribution < 1.29 is 0 Å². The molecule has 1 rings (SSSR count). The summed E-state index contributed by atoms with van der Waals surface area (Å²) < 4.78 is 0. The Kier molecular flexibility index (Phi) is 7.25. The van der Waals surface area contributed by atoms with Crippen molar-refractivity contribution in [1.29, 1.82) is 0 Å². The van der Waals surface area contributed by atoms with Crippen LogP contribution in [0, 0.1) is 5.92 Å². The normalized spacial score (nSPS) is 28.3. The van der Waals surface area contributed by atoms with E-state index < -0.39 is 0 Å². The molecule has 0 aromatic rings. The van der Waals surface area contributed by atoms with Crippen molar-refractivity contribution in [3.63, 3.8) is 0 Å². The van der Waals surface area contributed by atoms with Crippen LogP contribution in [0.15, 0.2) is 0 Å². The Morgan fingerprint density at radius 2 is 1.75 bits per heavy atom. The standard InChI is InChI=1S/C13H27NS2/c1-4-10(5-2)9-11(14)13-12(6-3)15-7-8-16-13/h10-13H,4-9,14H2,1-3H3. The van der Waals surface area contributed by atoms with Gasteiger partial charge in [-0.1, -0.05) is 33.6 Å². The molecule has 96 valence electrons. The number of hydrogen-bond acceptors (Lipinski definition) is 3. The summed E-state index contributed by atoms with van der Waals surface area (Å²) in [4.78, 5) is 0. The lowest BCUT2D eigenvalue weighted by atomic mass is 9.92. The summed E-state index contributed by atoms with van der Waals surface area (Å²) in [5, 5.41) is 1.49. The SMILES string of the molecule is CCC(CC)CC(N)C1SCCSC1CC. The van der Waals surface area contributed by atoms with E-state index in [1.165, 1.54) is 37.2 Å². The largest absolute Gasteiger partial charge is 0.327 e. The van der Waals surface area contributed by atoms with Crippen LogP contribution in [0.25, 0.3) is 0 Å². The Morgan fingerprint density at radius 1 is 1.12 bits per heavy atom. The van der Waals surface area contributed by atoms with Gasteiger partial charge in [0, 0.05) is 28.0 Å². The number of thioether (sulfide) groups is 2. The molecule has 1 heterocycles. The molecule has 0 amide bonds. The zero-order chi connectivity index (χ0) is 12.0. The Labute approximate surface area is 110 Å². The summed E-state index contributed by atoms with van der Waals surface area (Å²) in [6.07, 6.45) is 5.07. The van der Waals surface area contributed by atoms with E-state index in [4.69, 9.17) is 5.73 Å². The summed E-state index contributed by atoms with van der Waals surface area (Å²) in [5.74, 6) is 3.44. The molecular formula is C13H27NS2. The van der Waals surface area contributed by atoms with Crippen LogP contribution in [0.3, 0.4) is 0 Å². The van der Waals surface area contributed by atoms with Crippen LogP contribution in [0.5, 0.6) is 0 Å². The van der Waals surface area contributed by atoms with Gasteiger partial charge in [-0.05, 0) is 18.8 Å². The van der Waals surface area contributed by atoms with E-state index in [-0.39, 0.29) is 0 Å². The van der Waals surface area contributed by atoms with Crippen LogP contribution in [0.4, 0.5) is 0 Å². The smallest absolute Gasteiger partial charge is 0.0318 e. The minimum atomic E-state index is 0.410. The van der Waals surface area contributed by atoms with Gasteiger partial charge in [0.1, 0.15) is 0 Å². The second kappa shape index (κ2) is 7.88. The Morgan fingerprint density at radius 3 is 2.31 bits per heavy atom. The second-order valence-corrected chi connectivity index (χ2v) is 7.37. The van der Waals surface area contributed by atoms with Gasteiger partial charge in [-0.2, -0.15) is 23.5 Å². The topological polar surface area (TPSA) is 26.0 Å². The predicted octanol–water partition coefficient (Wildman–Crippen LogP) is 3.77. The predicted molar refractivity (Wildman–Crippen MR) is 79.4 cm³/mol. The Hall–Kier alpha value is 0.660. The van der Waals surface area contributed by atoms with Gasteiger partial charge in [0.15, 0.2) is 0 Å². The minimum Gasteiger partial charge on any atom is -0.327 e. The van der Waals surface area contributed by atoms with Crippen molar-refractivity contribution in [2.45, 2.75) is 63.0 Å². The molecule has 3 unspecified atom stereocenters. The third-order valence-electron chi connectivity index (χ3n) is 3.68. The fourth-order valence-electron chi connectivity index (χ4n) is 2.48. The molecule has 1 nitrogen and oxygen atoms in total. The number of hydrogen-bond donors (Lipinski definition) is 1. The highest BCUT2D eigenvalue weighted by Crippen LogP contribution is 2.36. The number of nitrogens with two attached hydrogens (primary N) is 1. The summed E-state index contributed by atoms with van der Waals surface area (Å²) in [7, 11) is 0. The van der Waals surface area contributed by atoms with Gasteiger partial charge in [0.25, 0.3) is 0 Å². The van der Waals surface area contributed by atoms with Crippen LogP contribution in [0.2, 0.25) is 0 Å². The highest BCUT2D eigenvalue weighted by atomic mass is 32.2. The highest BCUT2D eigenvalue weighted by molar-refractivity contribution is 8.07. The molecule has 0 saturated carbocycles. The van der Waals surface area contributed by atoms with Gasteiger partial charge in [-0.25, -0.2) is 0 Å². The molecule has 0 aliphatic carbocycles. The Balaban J connectivity index is 2.46. The molecular weight excluding hydrogens is 234 g/mol. The lowest BCUT2D eigenvalue weighted by Crippen LogP contribution is -2.42. The van der Waals surface area contributed by atoms with Gasteiger partial charge < -0.3 is 5.73 Å². The lowest BCUT2D eigenvalue weighted by Gasteiger charge is -2.35. The van der Waals surface area contributed by atoms with Crippen molar-refractivity contribution >= 4 is 23.5 Å². The third kappa shape index (κ3) is 4.15. The van der Waals surface area contributed by atoms with Crippen LogP contribution in [-0.4, -0.2) is 28.0 Å². The average molecular weight is 262 g/mol. The maximum atomic E-state index is 6.43. The number of rotatable bonds is 6. The maximum Gasteiger partial charge on any atom is 0.0318 e. The third-order valence-corrected chi connectivity index (χ3v) is 7.10. The second-order valence-electron chi connectivity index (χ2n) is 4.73. The fraction of sp³-hybridized carbons (Fsp3) is 1.00. The zero-order valence-electron chi connectivity index (χ0n) is 10.9. The van der Waals surface area contributed by atoms with Crippen molar-refractivity contribution in [2.75, 3.05) is 11.5 Å². The van der Waals surface area contributed by atoms with Crippen LogP contribution in [-0.2, 0) is 0 Å². The highest BCUT2D eigenvalue weighted by Gasteiger charge is 2.30. The Bertz CT molecular complexity index is 183. The molecule has 0 aromatic heterocycles. The molecule has 1 aliphatic rings. The van der Waals surface area contributed by atoms with E-state index >= 15 is 0 Å². The van der Waals surface area contributed by atoms with Crippen LogP contribution >= 0.6 is 23.5 Å². The monoisotopic (exact) mass is 261 g/mol. The first-order valence-corrected chi connectivity index (χ1v) is 8.81. The molecule has 16 heavy (non-hydrogen) atoms. The summed E-state index contributed by atoms with van der Waals surface area (Å²) in [6, 6.07) is 0.410. The summed E-state index contributed by atoms with van der Waals surface area (Å²) >= 11 is 4.26. The first-order chi connectivity index (χ1) is 7.72. The molecule has 0 aromatic carbocycles. The van der Waals surface area contributed by atoms with Gasteiger partial charge in [0.05, 0.1) is 0 Å². The van der Waals surface area contributed by atoms with E-state index in [0.717, 1.165) is 11.2 Å². The molecule has 0 radical (unpaired) electrons. The van der Waals surface area contributed by atoms with E-state index in [1.54, 1.807) is 0 Å². The maximum absolute atomic E-state index is 6.43. The fourth-order valence-corrected chi connectivity index (χ4v) is 5.69. The molecule has 2 N–H and O–H groups in total. The van der Waals surface area contributed by atoms with Crippen molar-refractivity contribution in [1.82, 2.24) is 0 Å². The first kappa shape index (κ1) is 14.7. The molecule has 0 bridgehead atoms. The average Bonchev–Trinajstić information content (AvgIpc) is 2.35. The molecule has 1 fully saturated rings. The van der Waals surface area contributed by atoms with Gasteiger partial charge in [0.2, 0.25) is 0 Å². The molecule has 1 saturated heterocycles. The molecule has 1 aliphatic heterocycles. The van der Waals surface area contributed by atoms with E-state index in [1.807, 2.05) is 0 Å². The molecule has 3 heteroatoms. The van der Waals surface area contributed by atoms with Crippen molar-refractivity contribution in [3.8, 4) is 0 Å². The van der Waals surface area contributed by atoms with Crippen LogP contribution < -0.4 is 5.73 Å². The first-order valence-electron chi connectivity index (χ1n) is 6.71. The lowest BCUT2D eigenvalue weighted by molar-refractivity contribution is 0.398. The van der Waals surface area contributed by atoms with Gasteiger partial charge >= 0.3 is 0 Å². The summed E-state index contributed by atoms with van der Waals surface area (Å²) in [6.45, 7) is 6.89. The quantitative estimate of drug-likeness (QED) is 0.788. The van der Waals surface area contributed by atoms with Crippen molar-refractivity contribution in [2.24, 2.45) is 11.7 Å². The molecule has 3 atom stereocenters. The van der Waals surface area contributed by atoms with E-state index in [0.29, 0.717) is 11.3 Å². The summed E-state index contributed by atoms with van der Waals surface area (Å²) in [5.41, 5.74) is 6.43. The van der Waals surface area contributed by atoms with Gasteiger partial charge in [-0.3, -0.25) is 0 Å². The van der Waals surface area contributed by atoms with E-state index in [9.17, 15) is 0 Å². The van der Waals surface area contributed by atoms with Crippen molar-refractivity contribution in [3.05, 3.63) is 0 Å². The van der Waals surface area contributed by atoms with Crippen LogP contribution in [0.1, 0.15) is 46.5 Å². The zero-order valence-corrected chi connectivity index (χ0v) is 12.6. The minimum absolute atomic E-state index is 0.410. The molecule has 0 spiro atoms. The van der Waals surface area contributed by atoms with E-state index in [2.05, 4.69) is 44.3 Å². The van der Waals surface area contributed by atoms with Gasteiger partial charge in [-0.15, -0.1) is 0 Å².